The topological polar surface area (TPSA) is 64.4 Å². The summed E-state index contributed by atoms with van der Waals surface area (Å²) in [5.41, 5.74) is 0.842. The second-order valence-electron chi connectivity index (χ2n) is 4.53. The van der Waals surface area contributed by atoms with Crippen molar-refractivity contribution in [3.63, 3.8) is 0 Å². The first-order valence-corrected chi connectivity index (χ1v) is 7.61. The number of nitrogens with zero attached hydrogens (tertiary/aromatic N) is 1. The molecular formula is C13H18N2O3S. The number of nitrogens with one attached hydrogen (secondary N) is 1. The van der Waals surface area contributed by atoms with Gasteiger partial charge in [0, 0.05) is 29.6 Å². The van der Waals surface area contributed by atoms with Crippen LogP contribution in [0.5, 0.6) is 5.75 Å². The summed E-state index contributed by atoms with van der Waals surface area (Å²) in [5.74, 6) is 2.75. The van der Waals surface area contributed by atoms with Crippen molar-refractivity contribution < 1.29 is 9.66 Å². The molecule has 1 fully saturated rings. The molecule has 1 unspecified atom stereocenters. The summed E-state index contributed by atoms with van der Waals surface area (Å²) in [6.45, 7) is 2.58. The highest BCUT2D eigenvalue weighted by molar-refractivity contribution is 7.99. The van der Waals surface area contributed by atoms with Crippen LogP contribution >= 0.6 is 11.8 Å². The summed E-state index contributed by atoms with van der Waals surface area (Å²) in [7, 11) is 0. The van der Waals surface area contributed by atoms with E-state index in [-0.39, 0.29) is 10.6 Å². The summed E-state index contributed by atoms with van der Waals surface area (Å²) < 4.78 is 5.50. The fourth-order valence-electron chi connectivity index (χ4n) is 1.96. The Morgan fingerprint density at radius 2 is 2.37 bits per heavy atom. The van der Waals surface area contributed by atoms with Crippen LogP contribution in [0.1, 0.15) is 19.8 Å². The zero-order valence-corrected chi connectivity index (χ0v) is 11.7. The molecule has 6 heteroatoms. The molecule has 2 rings (SSSR count). The highest BCUT2D eigenvalue weighted by Gasteiger charge is 2.17. The SMILES string of the molecule is CCCOc1cc(NC2CCSC2)cc([N+](=O)[O-])c1. The van der Waals surface area contributed by atoms with Crippen molar-refractivity contribution in [2.45, 2.75) is 25.8 Å². The van der Waals surface area contributed by atoms with Crippen molar-refractivity contribution in [2.24, 2.45) is 0 Å². The molecule has 0 amide bonds. The van der Waals surface area contributed by atoms with Crippen LogP contribution < -0.4 is 10.1 Å². The van der Waals surface area contributed by atoms with Gasteiger partial charge >= 0.3 is 0 Å². The zero-order chi connectivity index (χ0) is 13.7. The molecule has 0 aromatic heterocycles. The minimum atomic E-state index is -0.382. The third kappa shape index (κ3) is 4.02. The molecule has 5 nitrogen and oxygen atoms in total. The van der Waals surface area contributed by atoms with Gasteiger partial charge in [-0.3, -0.25) is 10.1 Å². The lowest BCUT2D eigenvalue weighted by Gasteiger charge is -2.14. The molecule has 0 spiro atoms. The van der Waals surface area contributed by atoms with Crippen molar-refractivity contribution in [1.29, 1.82) is 0 Å². The highest BCUT2D eigenvalue weighted by Crippen LogP contribution is 2.28. The van der Waals surface area contributed by atoms with Gasteiger partial charge in [-0.2, -0.15) is 11.8 Å². The molecule has 1 saturated heterocycles. The number of nitro benzene ring substituents is 1. The molecule has 0 radical (unpaired) electrons. The average Bonchev–Trinajstić information content (AvgIpc) is 2.89. The molecule has 1 aromatic carbocycles. The lowest BCUT2D eigenvalue weighted by Crippen LogP contribution is -2.18. The Balaban J connectivity index is 2.15. The zero-order valence-electron chi connectivity index (χ0n) is 10.9. The van der Waals surface area contributed by atoms with Gasteiger partial charge in [-0.15, -0.1) is 0 Å². The van der Waals surface area contributed by atoms with E-state index < -0.39 is 0 Å². The minimum Gasteiger partial charge on any atom is -0.493 e. The average molecular weight is 282 g/mol. The molecule has 0 aliphatic carbocycles. The quantitative estimate of drug-likeness (QED) is 0.640. The number of rotatable bonds is 6. The number of thioether (sulfide) groups is 1. The number of anilines is 1. The third-order valence-corrected chi connectivity index (χ3v) is 4.04. The Hall–Kier alpha value is -1.43. The highest BCUT2D eigenvalue weighted by atomic mass is 32.2. The predicted molar refractivity (Wildman–Crippen MR) is 78.2 cm³/mol. The Bertz CT molecular complexity index is 448. The first-order valence-electron chi connectivity index (χ1n) is 6.45. The van der Waals surface area contributed by atoms with Gasteiger partial charge in [-0.25, -0.2) is 0 Å². The molecular weight excluding hydrogens is 264 g/mol. The van der Waals surface area contributed by atoms with E-state index >= 15 is 0 Å². The van der Waals surface area contributed by atoms with Crippen LogP contribution in [0.4, 0.5) is 11.4 Å². The maximum absolute atomic E-state index is 10.9. The largest absolute Gasteiger partial charge is 0.493 e. The molecule has 0 bridgehead atoms. The van der Waals surface area contributed by atoms with Crippen molar-refractivity contribution in [3.8, 4) is 5.75 Å². The molecule has 1 heterocycles. The van der Waals surface area contributed by atoms with Crippen molar-refractivity contribution >= 4 is 23.1 Å². The normalized spacial score (nSPS) is 18.3. The molecule has 19 heavy (non-hydrogen) atoms. The van der Waals surface area contributed by atoms with Gasteiger partial charge in [0.05, 0.1) is 17.6 Å². The van der Waals surface area contributed by atoms with Crippen LogP contribution in [0.2, 0.25) is 0 Å². The van der Waals surface area contributed by atoms with Gasteiger partial charge in [0.15, 0.2) is 0 Å². The number of benzene rings is 1. The standard InChI is InChI=1S/C13H18N2O3S/c1-2-4-18-13-7-11(6-12(8-13)15(16)17)14-10-3-5-19-9-10/h6-8,10,14H,2-5,9H2,1H3. The number of hydrogen-bond donors (Lipinski definition) is 1. The van der Waals surface area contributed by atoms with Gasteiger partial charge in [-0.05, 0) is 18.6 Å². The summed E-state index contributed by atoms with van der Waals surface area (Å²) in [6, 6.07) is 5.28. The molecule has 104 valence electrons. The molecule has 1 aliphatic heterocycles. The van der Waals surface area contributed by atoms with Gasteiger partial charge in [0.1, 0.15) is 5.75 Å². The lowest BCUT2D eigenvalue weighted by atomic mass is 10.2. The first kappa shape index (κ1) is 14.0. The van der Waals surface area contributed by atoms with Gasteiger partial charge in [-0.1, -0.05) is 6.92 Å². The van der Waals surface area contributed by atoms with E-state index in [2.05, 4.69) is 5.32 Å². The van der Waals surface area contributed by atoms with Gasteiger partial charge in [0.2, 0.25) is 0 Å². The number of non-ortho nitro benzene ring substituents is 1. The fraction of sp³-hybridized carbons (Fsp3) is 0.538. The maximum atomic E-state index is 10.9. The van der Waals surface area contributed by atoms with Crippen molar-refractivity contribution in [2.75, 3.05) is 23.4 Å². The van der Waals surface area contributed by atoms with Crippen LogP contribution in [-0.2, 0) is 0 Å². The van der Waals surface area contributed by atoms with E-state index in [9.17, 15) is 10.1 Å². The molecule has 1 atom stereocenters. The Kier molecular flexibility index (Phi) is 4.90. The number of hydrogen-bond acceptors (Lipinski definition) is 5. The van der Waals surface area contributed by atoms with E-state index in [1.165, 1.54) is 6.07 Å². The summed E-state index contributed by atoms with van der Waals surface area (Å²) in [4.78, 5) is 10.6. The summed E-state index contributed by atoms with van der Waals surface area (Å²) in [6.07, 6.45) is 1.98. The lowest BCUT2D eigenvalue weighted by molar-refractivity contribution is -0.384. The summed E-state index contributed by atoms with van der Waals surface area (Å²) in [5, 5.41) is 14.3. The van der Waals surface area contributed by atoms with Gasteiger partial charge in [0.25, 0.3) is 5.69 Å². The third-order valence-electron chi connectivity index (χ3n) is 2.88. The van der Waals surface area contributed by atoms with E-state index in [1.54, 1.807) is 6.07 Å². The summed E-state index contributed by atoms with van der Waals surface area (Å²) >= 11 is 1.90. The number of ether oxygens (including phenoxy) is 1. The van der Waals surface area contributed by atoms with Crippen LogP contribution in [-0.4, -0.2) is 29.1 Å². The van der Waals surface area contributed by atoms with Crippen LogP contribution in [0.25, 0.3) is 0 Å². The Morgan fingerprint density at radius 1 is 1.53 bits per heavy atom. The van der Waals surface area contributed by atoms with Crippen LogP contribution in [0.3, 0.4) is 0 Å². The second kappa shape index (κ2) is 6.65. The van der Waals surface area contributed by atoms with Gasteiger partial charge < -0.3 is 10.1 Å². The van der Waals surface area contributed by atoms with E-state index in [0.717, 1.165) is 30.0 Å². The van der Waals surface area contributed by atoms with E-state index in [1.807, 2.05) is 24.8 Å². The molecule has 0 saturated carbocycles. The van der Waals surface area contributed by atoms with Crippen molar-refractivity contribution in [3.05, 3.63) is 28.3 Å². The Morgan fingerprint density at radius 3 is 3.00 bits per heavy atom. The van der Waals surface area contributed by atoms with Crippen molar-refractivity contribution in [1.82, 2.24) is 0 Å². The van der Waals surface area contributed by atoms with E-state index in [0.29, 0.717) is 18.4 Å². The molecule has 1 N–H and O–H groups in total. The first-order chi connectivity index (χ1) is 9.19. The Labute approximate surface area is 116 Å². The number of nitro groups is 1. The predicted octanol–water partition coefficient (Wildman–Crippen LogP) is 3.30. The smallest absolute Gasteiger partial charge is 0.275 e. The molecule has 1 aromatic rings. The van der Waals surface area contributed by atoms with Crippen LogP contribution in [0, 0.1) is 10.1 Å². The monoisotopic (exact) mass is 282 g/mol. The van der Waals surface area contributed by atoms with E-state index in [4.69, 9.17) is 4.74 Å². The molecule has 1 aliphatic rings. The van der Waals surface area contributed by atoms with Crippen LogP contribution in [0.15, 0.2) is 18.2 Å². The maximum Gasteiger partial charge on any atom is 0.275 e. The second-order valence-corrected chi connectivity index (χ2v) is 5.68. The minimum absolute atomic E-state index is 0.0711. The fourth-order valence-corrected chi connectivity index (χ4v) is 3.11.